The van der Waals surface area contributed by atoms with E-state index in [9.17, 15) is 60.3 Å². The minimum Gasteiger partial charge on any atom is -0.497 e. The zero-order chi connectivity index (χ0) is 59.9. The SMILES string of the molecule is COc1ccc(N(C(=O)c2c3ccccc3nc3ccccc23)S(=O)(=O)c2ccc(C(=O)OO)c(S(=O)(=O)c3cc4c(C(=O)OO)c(c3C(=O)OO)S(=O)(=O)c3ccc(C(=O)OO)c(c3C(=O)OO)C(=N)CCC4=N)c2C(=O)OO)cc1. The first-order chi connectivity index (χ1) is 38.9. The van der Waals surface area contributed by atoms with Crippen molar-refractivity contribution in [1.29, 1.82) is 10.8 Å². The van der Waals surface area contributed by atoms with Gasteiger partial charge in [-0.1, -0.05) is 36.4 Å². The maximum atomic E-state index is 15.9. The van der Waals surface area contributed by atoms with Crippen molar-refractivity contribution in [2.24, 2.45) is 0 Å². The number of methoxy groups -OCH3 is 1. The monoisotopic (exact) mass is 1190 g/mol. The number of carbonyl (C=O) groups excluding carboxylic acids is 7. The Morgan fingerprint density at radius 1 is 0.549 bits per heavy atom. The second kappa shape index (κ2) is 22.3. The Morgan fingerprint density at radius 3 is 1.59 bits per heavy atom. The van der Waals surface area contributed by atoms with Crippen LogP contribution in [0.2, 0.25) is 0 Å². The van der Waals surface area contributed by atoms with Crippen LogP contribution in [0.15, 0.2) is 128 Å². The number of anilines is 1. The fourth-order valence-corrected chi connectivity index (χ4v) is 14.4. The Kier molecular flexibility index (Phi) is 15.8. The van der Waals surface area contributed by atoms with Crippen molar-refractivity contribution < 1.29 is 124 Å². The van der Waals surface area contributed by atoms with Crippen LogP contribution in [0.1, 0.15) is 96.5 Å². The highest BCUT2D eigenvalue weighted by atomic mass is 32.2. The lowest BCUT2D eigenvalue weighted by molar-refractivity contribution is -0.184. The fraction of sp³-hybridized carbons (Fsp3) is 0.0612. The molecule has 8 N–H and O–H groups in total. The molecular weight excluding hydrogens is 1160 g/mol. The Hall–Kier alpha value is -9.97. The van der Waals surface area contributed by atoms with E-state index < -0.39 is 176 Å². The van der Waals surface area contributed by atoms with E-state index in [4.69, 9.17) is 15.6 Å². The second-order valence-electron chi connectivity index (χ2n) is 16.7. The van der Waals surface area contributed by atoms with Gasteiger partial charge in [-0.3, -0.25) is 34.1 Å². The van der Waals surface area contributed by atoms with Gasteiger partial charge < -0.3 is 15.6 Å². The molecule has 82 heavy (non-hydrogen) atoms. The van der Waals surface area contributed by atoms with Crippen molar-refractivity contribution in [3.8, 4) is 5.75 Å². The molecule has 30 nitrogen and oxygen atoms in total. The smallest absolute Gasteiger partial charge is 0.375 e. The maximum Gasteiger partial charge on any atom is 0.375 e. The average molecular weight is 1190 g/mol. The highest BCUT2D eigenvalue weighted by molar-refractivity contribution is 7.94. The number of fused-ring (bicyclic) bond motifs is 6. The van der Waals surface area contributed by atoms with E-state index in [1.165, 1.54) is 55.6 Å². The summed E-state index contributed by atoms with van der Waals surface area (Å²) >= 11 is 0. The van der Waals surface area contributed by atoms with Crippen LogP contribution in [0.3, 0.4) is 0 Å². The number of amides is 1. The lowest BCUT2D eigenvalue weighted by Crippen LogP contribution is -2.38. The summed E-state index contributed by atoms with van der Waals surface area (Å²) in [5, 5.41) is 76.5. The van der Waals surface area contributed by atoms with Gasteiger partial charge in [0.05, 0.1) is 61.4 Å². The van der Waals surface area contributed by atoms with Crippen LogP contribution in [0.5, 0.6) is 5.75 Å². The lowest BCUT2D eigenvalue weighted by atomic mass is 9.91. The van der Waals surface area contributed by atoms with E-state index in [0.29, 0.717) is 6.07 Å². The summed E-state index contributed by atoms with van der Waals surface area (Å²) in [5.41, 5.74) is -16.0. The van der Waals surface area contributed by atoms with Crippen molar-refractivity contribution in [3.63, 3.8) is 0 Å². The van der Waals surface area contributed by atoms with Crippen molar-refractivity contribution in [2.75, 3.05) is 11.4 Å². The summed E-state index contributed by atoms with van der Waals surface area (Å²) in [7, 11) is -18.0. The number of sulfone groups is 2. The molecule has 6 aromatic carbocycles. The molecule has 1 amide bonds. The van der Waals surface area contributed by atoms with E-state index in [1.807, 2.05) is 0 Å². The molecule has 0 saturated heterocycles. The molecule has 1 aliphatic rings. The summed E-state index contributed by atoms with van der Waals surface area (Å²) < 4.78 is 99.4. The number of benzene rings is 6. The molecule has 0 spiro atoms. The molecule has 33 heteroatoms. The van der Waals surface area contributed by atoms with Crippen molar-refractivity contribution >= 4 is 110 Å². The minimum absolute atomic E-state index is 0.0000864. The Morgan fingerprint density at radius 2 is 1.04 bits per heavy atom. The summed E-state index contributed by atoms with van der Waals surface area (Å²) in [6, 6.07) is 17.1. The van der Waals surface area contributed by atoms with Crippen LogP contribution in [-0.4, -0.2) is 122 Å². The summed E-state index contributed by atoms with van der Waals surface area (Å²) in [6.45, 7) is 0. The van der Waals surface area contributed by atoms with Crippen molar-refractivity contribution in [2.45, 2.75) is 37.3 Å². The molecule has 8 rings (SSSR count). The van der Waals surface area contributed by atoms with Crippen LogP contribution < -0.4 is 9.04 Å². The third kappa shape index (κ3) is 9.54. The zero-order valence-electron chi connectivity index (χ0n) is 40.7. The minimum atomic E-state index is -6.71. The van der Waals surface area contributed by atoms with Crippen molar-refractivity contribution in [3.05, 3.63) is 153 Å². The van der Waals surface area contributed by atoms with Gasteiger partial charge in [-0.2, -0.15) is 35.8 Å². The predicted molar refractivity (Wildman–Crippen MR) is 268 cm³/mol. The van der Waals surface area contributed by atoms with E-state index >= 15 is 30.0 Å². The molecular formula is C49H32N4O26S3. The largest absolute Gasteiger partial charge is 0.497 e. The molecule has 0 aliphatic carbocycles. The van der Waals surface area contributed by atoms with Crippen LogP contribution in [0, 0.1) is 10.8 Å². The van der Waals surface area contributed by atoms with Gasteiger partial charge in [0.15, 0.2) is 0 Å². The third-order valence-electron chi connectivity index (χ3n) is 12.5. The molecule has 0 atom stereocenters. The average Bonchev–Trinajstić information content (AvgIpc) is 3.48. The predicted octanol–water partition coefficient (Wildman–Crippen LogP) is 5.41. The number of pyridine rings is 1. The molecule has 0 fully saturated rings. The number of ether oxygens (including phenoxy) is 1. The van der Waals surface area contributed by atoms with Crippen LogP contribution in [-0.2, 0) is 59.0 Å². The van der Waals surface area contributed by atoms with Crippen LogP contribution in [0.4, 0.5) is 5.69 Å². The molecule has 7 aromatic rings. The fourth-order valence-electron chi connectivity index (χ4n) is 9.02. The van der Waals surface area contributed by atoms with E-state index in [2.05, 4.69) is 34.3 Å². The molecule has 1 aliphatic heterocycles. The number of rotatable bonds is 13. The van der Waals surface area contributed by atoms with Gasteiger partial charge >= 0.3 is 35.8 Å². The number of carbonyl (C=O) groups is 7. The highest BCUT2D eigenvalue weighted by Crippen LogP contribution is 2.44. The van der Waals surface area contributed by atoms with Crippen LogP contribution >= 0.6 is 0 Å². The third-order valence-corrected chi connectivity index (χ3v) is 17.9. The van der Waals surface area contributed by atoms with Gasteiger partial charge in [-0.15, -0.1) is 0 Å². The number of para-hydroxylation sites is 2. The molecule has 1 aromatic heterocycles. The molecule has 2 heterocycles. The van der Waals surface area contributed by atoms with Gasteiger partial charge in [0.2, 0.25) is 19.7 Å². The molecule has 0 saturated carbocycles. The zero-order valence-corrected chi connectivity index (χ0v) is 43.1. The number of sulfonamides is 1. The van der Waals surface area contributed by atoms with E-state index in [1.54, 1.807) is 0 Å². The first-order valence-electron chi connectivity index (χ1n) is 22.3. The Labute approximate surface area is 456 Å². The number of nitrogens with one attached hydrogen (secondary N) is 2. The quantitative estimate of drug-likeness (QED) is 0.0310. The lowest BCUT2D eigenvalue weighted by Gasteiger charge is -2.26. The number of aromatic nitrogens is 1. The molecule has 4 bridgehead atoms. The first-order valence-corrected chi connectivity index (χ1v) is 26.7. The van der Waals surface area contributed by atoms with Gasteiger partial charge in [0.25, 0.3) is 15.9 Å². The number of hydrogen-bond acceptors (Lipinski definition) is 29. The van der Waals surface area contributed by atoms with Gasteiger partial charge in [-0.25, -0.2) is 59.0 Å². The summed E-state index contributed by atoms with van der Waals surface area (Å²) in [6.07, 6.45) is -2.08. The normalized spacial score (nSPS) is 13.0. The topological polar surface area (TPSA) is 472 Å². The number of hydrogen-bond donors (Lipinski definition) is 8. The standard InChI is InChI=1S/C49H32N4O26S3/c1-73-22-12-10-21(11-13-22)53(43(54)35-23-6-2-4-8-30(23)52-31-9-5-3-7-24(31)35)82(71,72)33-19-15-26(45(56)75-62)41(39(33)48(59)78-65)81(69,70)34-20-27-28(50)16-17-29(51)36-25(44(55)74-61)14-18-32(38(36)47(58)77-64)80(67,68)42(37(27)46(57)76-63)40(34)49(60)79-66/h2-15,18-20,50-51,61-66H,16-17H2,1H3. The highest BCUT2D eigenvalue weighted by Gasteiger charge is 2.48. The number of nitrogens with zero attached hydrogens (tertiary/aromatic N) is 2. The Balaban J connectivity index is 1.55. The Bertz CT molecular complexity index is 4300. The summed E-state index contributed by atoms with van der Waals surface area (Å²) in [5.74, 6) is -15.1. The molecule has 0 radical (unpaired) electrons. The summed E-state index contributed by atoms with van der Waals surface area (Å²) in [4.78, 5) is 115. The van der Waals surface area contributed by atoms with Gasteiger partial charge in [0, 0.05) is 33.3 Å². The first kappa shape index (κ1) is 58.2. The van der Waals surface area contributed by atoms with Gasteiger partial charge in [-0.05, 0) is 79.6 Å². The van der Waals surface area contributed by atoms with Crippen molar-refractivity contribution in [1.82, 2.24) is 4.98 Å². The molecule has 422 valence electrons. The second-order valence-corrected chi connectivity index (χ2v) is 22.2. The maximum absolute atomic E-state index is 15.9. The van der Waals surface area contributed by atoms with Gasteiger partial charge in [0.1, 0.15) is 31.6 Å². The van der Waals surface area contributed by atoms with E-state index in [0.717, 1.165) is 24.3 Å². The van der Waals surface area contributed by atoms with Crippen LogP contribution in [0.25, 0.3) is 21.8 Å². The van der Waals surface area contributed by atoms with E-state index in [-0.39, 0.29) is 56.1 Å². The molecule has 0 unspecified atom stereocenters.